The fraction of sp³-hybridized carbons (Fsp3) is 0.571. The van der Waals surface area contributed by atoms with Crippen LogP contribution in [-0.2, 0) is 6.42 Å². The Balaban J connectivity index is 1.72. The highest BCUT2D eigenvalue weighted by molar-refractivity contribution is 5.35. The van der Waals surface area contributed by atoms with E-state index in [1.165, 1.54) is 37.9 Å². The highest BCUT2D eigenvalue weighted by Crippen LogP contribution is 2.27. The number of para-hydroxylation sites is 1. The molecule has 2 heteroatoms. The van der Waals surface area contributed by atoms with Crippen LogP contribution < -0.4 is 4.74 Å². The van der Waals surface area contributed by atoms with E-state index in [9.17, 15) is 0 Å². The van der Waals surface area contributed by atoms with Crippen molar-refractivity contribution >= 4 is 0 Å². The molecule has 0 aromatic heterocycles. The number of hydrogen-bond acceptors (Lipinski definition) is 2. The van der Waals surface area contributed by atoms with Crippen molar-refractivity contribution in [1.82, 2.24) is 4.90 Å². The average Bonchev–Trinajstić information content (AvgIpc) is 2.39. The number of rotatable bonds is 1. The Morgan fingerprint density at radius 2 is 1.88 bits per heavy atom. The largest absolute Gasteiger partial charge is 0.492 e. The highest BCUT2D eigenvalue weighted by atomic mass is 16.5. The Hall–Kier alpha value is -1.02. The minimum Gasteiger partial charge on any atom is -0.492 e. The molecule has 0 spiro atoms. The molecule has 1 fully saturated rings. The molecule has 86 valence electrons. The van der Waals surface area contributed by atoms with Gasteiger partial charge in [-0.15, -0.1) is 0 Å². The maximum Gasteiger partial charge on any atom is 0.122 e. The maximum absolute atomic E-state index is 5.85. The molecule has 2 aliphatic heterocycles. The van der Waals surface area contributed by atoms with E-state index >= 15 is 0 Å². The average molecular weight is 217 g/mol. The lowest BCUT2D eigenvalue weighted by Gasteiger charge is -2.37. The van der Waals surface area contributed by atoms with Crippen LogP contribution in [0.5, 0.6) is 5.75 Å². The molecule has 0 amide bonds. The first-order valence-corrected chi connectivity index (χ1v) is 6.38. The van der Waals surface area contributed by atoms with Crippen molar-refractivity contribution in [2.75, 3.05) is 19.7 Å². The molecule has 2 heterocycles. The summed E-state index contributed by atoms with van der Waals surface area (Å²) >= 11 is 0. The monoisotopic (exact) mass is 217 g/mol. The molecule has 0 unspecified atom stereocenters. The van der Waals surface area contributed by atoms with E-state index in [1.807, 2.05) is 0 Å². The standard InChI is InChI=1S/C14H19NO/c1-4-8-15(9-5-1)13-10-12-6-2-3-7-14(12)16-11-13/h2-3,6-7,13H,1,4-5,8-11H2/t13-/m1/s1. The van der Waals surface area contributed by atoms with E-state index in [0.29, 0.717) is 6.04 Å². The number of ether oxygens (including phenoxy) is 1. The van der Waals surface area contributed by atoms with Crippen molar-refractivity contribution in [3.63, 3.8) is 0 Å². The molecule has 0 bridgehead atoms. The molecule has 1 aromatic carbocycles. The topological polar surface area (TPSA) is 12.5 Å². The fourth-order valence-corrected chi connectivity index (χ4v) is 2.83. The summed E-state index contributed by atoms with van der Waals surface area (Å²) in [6.07, 6.45) is 5.28. The molecule has 0 saturated carbocycles. The summed E-state index contributed by atoms with van der Waals surface area (Å²) in [5, 5.41) is 0. The first-order chi connectivity index (χ1) is 7.93. The normalized spacial score (nSPS) is 25.9. The van der Waals surface area contributed by atoms with Gasteiger partial charge >= 0.3 is 0 Å². The van der Waals surface area contributed by atoms with Crippen LogP contribution in [0.2, 0.25) is 0 Å². The van der Waals surface area contributed by atoms with Crippen LogP contribution in [0.3, 0.4) is 0 Å². The van der Waals surface area contributed by atoms with Gasteiger partial charge in [-0.3, -0.25) is 4.90 Å². The van der Waals surface area contributed by atoms with Gasteiger partial charge in [-0.25, -0.2) is 0 Å². The molecule has 2 aliphatic rings. The fourth-order valence-electron chi connectivity index (χ4n) is 2.83. The predicted molar refractivity (Wildman–Crippen MR) is 64.9 cm³/mol. The Bertz CT molecular complexity index is 358. The van der Waals surface area contributed by atoms with Crippen LogP contribution in [0.4, 0.5) is 0 Å². The smallest absolute Gasteiger partial charge is 0.122 e. The second kappa shape index (κ2) is 4.46. The molecule has 0 aliphatic carbocycles. The van der Waals surface area contributed by atoms with E-state index in [2.05, 4.69) is 29.2 Å². The summed E-state index contributed by atoms with van der Waals surface area (Å²) in [6.45, 7) is 3.39. The van der Waals surface area contributed by atoms with E-state index in [1.54, 1.807) is 0 Å². The number of hydrogen-bond donors (Lipinski definition) is 0. The first kappa shape index (κ1) is 10.2. The maximum atomic E-state index is 5.85. The zero-order valence-corrected chi connectivity index (χ0v) is 9.69. The summed E-state index contributed by atoms with van der Waals surface area (Å²) in [7, 11) is 0. The number of nitrogens with zero attached hydrogens (tertiary/aromatic N) is 1. The lowest BCUT2D eigenvalue weighted by atomic mass is 9.99. The van der Waals surface area contributed by atoms with Crippen LogP contribution in [-0.4, -0.2) is 30.6 Å². The van der Waals surface area contributed by atoms with Gasteiger partial charge in [0, 0.05) is 6.04 Å². The minimum atomic E-state index is 0.607. The molecule has 1 saturated heterocycles. The van der Waals surface area contributed by atoms with Gasteiger partial charge in [0.1, 0.15) is 12.4 Å². The number of fused-ring (bicyclic) bond motifs is 1. The second-order valence-electron chi connectivity index (χ2n) is 4.87. The van der Waals surface area contributed by atoms with Crippen LogP contribution in [0, 0.1) is 0 Å². The molecule has 1 aromatic rings. The summed E-state index contributed by atoms with van der Waals surface area (Å²) < 4.78 is 5.85. The van der Waals surface area contributed by atoms with Crippen LogP contribution in [0.25, 0.3) is 0 Å². The van der Waals surface area contributed by atoms with E-state index in [0.717, 1.165) is 18.8 Å². The first-order valence-electron chi connectivity index (χ1n) is 6.38. The van der Waals surface area contributed by atoms with Crippen molar-refractivity contribution < 1.29 is 4.74 Å². The SMILES string of the molecule is c1ccc2c(c1)C[C@@H](N1CCCCC1)CO2. The number of benzene rings is 1. The third kappa shape index (κ3) is 1.94. The Kier molecular flexibility index (Phi) is 2.83. The van der Waals surface area contributed by atoms with Crippen molar-refractivity contribution in [3.05, 3.63) is 29.8 Å². The van der Waals surface area contributed by atoms with E-state index in [4.69, 9.17) is 4.74 Å². The van der Waals surface area contributed by atoms with Gasteiger partial charge in [-0.2, -0.15) is 0 Å². The van der Waals surface area contributed by atoms with Crippen molar-refractivity contribution in [2.24, 2.45) is 0 Å². The lowest BCUT2D eigenvalue weighted by molar-refractivity contribution is 0.101. The Morgan fingerprint density at radius 1 is 1.06 bits per heavy atom. The predicted octanol–water partition coefficient (Wildman–Crippen LogP) is 2.48. The van der Waals surface area contributed by atoms with Gasteiger partial charge in [0.15, 0.2) is 0 Å². The van der Waals surface area contributed by atoms with E-state index in [-0.39, 0.29) is 0 Å². The summed E-state index contributed by atoms with van der Waals surface area (Å²) in [4.78, 5) is 2.61. The van der Waals surface area contributed by atoms with Crippen LogP contribution in [0.1, 0.15) is 24.8 Å². The molecule has 0 radical (unpaired) electrons. The molecular formula is C14H19NO. The van der Waals surface area contributed by atoms with Crippen molar-refractivity contribution in [3.8, 4) is 5.75 Å². The van der Waals surface area contributed by atoms with Gasteiger partial charge in [-0.1, -0.05) is 24.6 Å². The Morgan fingerprint density at radius 3 is 2.75 bits per heavy atom. The lowest BCUT2D eigenvalue weighted by Crippen LogP contribution is -2.45. The minimum absolute atomic E-state index is 0.607. The van der Waals surface area contributed by atoms with Gasteiger partial charge in [-0.05, 0) is 44.0 Å². The van der Waals surface area contributed by atoms with Gasteiger partial charge in [0.25, 0.3) is 0 Å². The van der Waals surface area contributed by atoms with Gasteiger partial charge in [0.05, 0.1) is 0 Å². The quantitative estimate of drug-likeness (QED) is 0.716. The molecule has 1 atom stereocenters. The highest BCUT2D eigenvalue weighted by Gasteiger charge is 2.25. The summed E-state index contributed by atoms with van der Waals surface area (Å²) in [6, 6.07) is 9.06. The van der Waals surface area contributed by atoms with Crippen molar-refractivity contribution in [2.45, 2.75) is 31.7 Å². The third-order valence-corrected chi connectivity index (χ3v) is 3.77. The molecule has 0 N–H and O–H groups in total. The van der Waals surface area contributed by atoms with Crippen LogP contribution >= 0.6 is 0 Å². The zero-order chi connectivity index (χ0) is 10.8. The zero-order valence-electron chi connectivity index (χ0n) is 9.69. The third-order valence-electron chi connectivity index (χ3n) is 3.77. The van der Waals surface area contributed by atoms with Gasteiger partial charge < -0.3 is 4.74 Å². The van der Waals surface area contributed by atoms with Gasteiger partial charge in [0.2, 0.25) is 0 Å². The van der Waals surface area contributed by atoms with Crippen molar-refractivity contribution in [1.29, 1.82) is 0 Å². The summed E-state index contributed by atoms with van der Waals surface area (Å²) in [5.41, 5.74) is 1.38. The second-order valence-corrected chi connectivity index (χ2v) is 4.87. The Labute approximate surface area is 97.2 Å². The molecular weight excluding hydrogens is 198 g/mol. The molecule has 3 rings (SSSR count). The molecule has 16 heavy (non-hydrogen) atoms. The van der Waals surface area contributed by atoms with E-state index < -0.39 is 0 Å². The molecule has 2 nitrogen and oxygen atoms in total. The summed E-state index contributed by atoms with van der Waals surface area (Å²) in [5.74, 6) is 1.09. The number of piperidine rings is 1. The van der Waals surface area contributed by atoms with Crippen LogP contribution in [0.15, 0.2) is 24.3 Å². The number of likely N-dealkylation sites (tertiary alicyclic amines) is 1.